The van der Waals surface area contributed by atoms with E-state index in [1.807, 2.05) is 23.8 Å². The number of carbonyl (C=O) groups is 1. The molecule has 0 fully saturated rings. The van der Waals surface area contributed by atoms with E-state index in [9.17, 15) is 4.79 Å². The van der Waals surface area contributed by atoms with E-state index in [2.05, 4.69) is 20.3 Å². The van der Waals surface area contributed by atoms with Crippen LogP contribution in [0.2, 0.25) is 0 Å². The maximum Gasteiger partial charge on any atom is 0.255 e. The van der Waals surface area contributed by atoms with Crippen molar-refractivity contribution in [1.29, 1.82) is 5.26 Å². The Morgan fingerprint density at radius 1 is 1.10 bits per heavy atom. The SMILES string of the molecule is Cc1nc(Oc2ccc(NC(=O)c3cccc(C#N)c3)cc2)cc(-n2ccnc2C)n1. The number of aryl methyl sites for hydroxylation is 2. The van der Waals surface area contributed by atoms with Crippen molar-refractivity contribution in [2.75, 3.05) is 5.32 Å². The average molecular weight is 410 g/mol. The van der Waals surface area contributed by atoms with Gasteiger partial charge in [-0.3, -0.25) is 9.36 Å². The first-order valence-electron chi connectivity index (χ1n) is 9.47. The van der Waals surface area contributed by atoms with E-state index in [4.69, 9.17) is 10.00 Å². The van der Waals surface area contributed by atoms with Crippen molar-refractivity contribution in [3.8, 4) is 23.5 Å². The van der Waals surface area contributed by atoms with Crippen molar-refractivity contribution in [3.05, 3.63) is 89.8 Å². The molecule has 0 radical (unpaired) electrons. The van der Waals surface area contributed by atoms with Gasteiger partial charge in [0.25, 0.3) is 5.91 Å². The van der Waals surface area contributed by atoms with E-state index in [1.165, 1.54) is 0 Å². The molecule has 0 atom stereocenters. The molecule has 1 N–H and O–H groups in total. The summed E-state index contributed by atoms with van der Waals surface area (Å²) in [6.07, 6.45) is 3.53. The smallest absolute Gasteiger partial charge is 0.255 e. The minimum absolute atomic E-state index is 0.294. The van der Waals surface area contributed by atoms with Crippen LogP contribution in [0.4, 0.5) is 5.69 Å². The standard InChI is InChI=1S/C23H18N6O2/c1-15-26-21(29-11-10-25-16(29)2)13-22(27-15)31-20-8-6-19(7-9-20)28-23(30)18-5-3-4-17(12-18)14-24/h3-13H,1-2H3,(H,28,30). The van der Waals surface area contributed by atoms with Crippen LogP contribution in [-0.2, 0) is 0 Å². The number of hydrogen-bond donors (Lipinski definition) is 1. The summed E-state index contributed by atoms with van der Waals surface area (Å²) < 4.78 is 7.73. The van der Waals surface area contributed by atoms with Gasteiger partial charge in [-0.25, -0.2) is 9.97 Å². The maximum atomic E-state index is 12.4. The van der Waals surface area contributed by atoms with Gasteiger partial charge in [-0.05, 0) is 56.3 Å². The summed E-state index contributed by atoms with van der Waals surface area (Å²) in [4.78, 5) is 25.4. The second kappa shape index (κ2) is 8.47. The van der Waals surface area contributed by atoms with E-state index in [1.54, 1.807) is 67.7 Å². The second-order valence-electron chi connectivity index (χ2n) is 6.73. The van der Waals surface area contributed by atoms with Crippen molar-refractivity contribution in [1.82, 2.24) is 19.5 Å². The Balaban J connectivity index is 1.48. The third kappa shape index (κ3) is 4.57. The molecule has 8 heteroatoms. The topological polar surface area (TPSA) is 106 Å². The van der Waals surface area contributed by atoms with Gasteiger partial charge in [0.05, 0.1) is 11.6 Å². The van der Waals surface area contributed by atoms with Crippen LogP contribution < -0.4 is 10.1 Å². The Labute approximate surface area is 178 Å². The normalized spacial score (nSPS) is 10.4. The number of nitrogens with zero attached hydrogens (tertiary/aromatic N) is 5. The zero-order chi connectivity index (χ0) is 21.8. The first-order valence-corrected chi connectivity index (χ1v) is 9.47. The maximum absolute atomic E-state index is 12.4. The molecule has 4 rings (SSSR count). The Morgan fingerprint density at radius 3 is 2.61 bits per heavy atom. The molecule has 0 aliphatic rings. The van der Waals surface area contributed by atoms with Crippen molar-refractivity contribution in [3.63, 3.8) is 0 Å². The first-order chi connectivity index (χ1) is 15.0. The molecule has 2 aromatic heterocycles. The van der Waals surface area contributed by atoms with Gasteiger partial charge in [0.15, 0.2) is 0 Å². The van der Waals surface area contributed by atoms with Crippen LogP contribution in [0.5, 0.6) is 11.6 Å². The van der Waals surface area contributed by atoms with E-state index >= 15 is 0 Å². The fourth-order valence-corrected chi connectivity index (χ4v) is 2.98. The summed E-state index contributed by atoms with van der Waals surface area (Å²) in [7, 11) is 0. The average Bonchev–Trinajstić information content (AvgIpc) is 3.20. The molecule has 0 aliphatic carbocycles. The second-order valence-corrected chi connectivity index (χ2v) is 6.73. The number of benzene rings is 2. The molecular formula is C23H18N6O2. The van der Waals surface area contributed by atoms with Crippen LogP contribution in [-0.4, -0.2) is 25.4 Å². The molecule has 1 amide bonds. The van der Waals surface area contributed by atoms with Crippen LogP contribution in [0, 0.1) is 25.2 Å². The highest BCUT2D eigenvalue weighted by molar-refractivity contribution is 6.04. The van der Waals surface area contributed by atoms with E-state index in [0.29, 0.717) is 40.1 Å². The molecule has 31 heavy (non-hydrogen) atoms. The molecule has 0 spiro atoms. The first kappa shape index (κ1) is 19.8. The van der Waals surface area contributed by atoms with Gasteiger partial charge in [-0.2, -0.15) is 10.2 Å². The van der Waals surface area contributed by atoms with Gasteiger partial charge in [-0.1, -0.05) is 6.07 Å². The third-order valence-corrected chi connectivity index (χ3v) is 4.46. The van der Waals surface area contributed by atoms with Gasteiger partial charge >= 0.3 is 0 Å². The number of ether oxygens (including phenoxy) is 1. The minimum Gasteiger partial charge on any atom is -0.439 e. The molecule has 0 aliphatic heterocycles. The highest BCUT2D eigenvalue weighted by atomic mass is 16.5. The quantitative estimate of drug-likeness (QED) is 0.529. The lowest BCUT2D eigenvalue weighted by atomic mass is 10.1. The Bertz CT molecular complexity index is 1290. The van der Waals surface area contributed by atoms with Gasteiger partial charge < -0.3 is 10.1 Å². The Hall–Kier alpha value is -4.51. The van der Waals surface area contributed by atoms with E-state index < -0.39 is 0 Å². The predicted molar refractivity (Wildman–Crippen MR) is 114 cm³/mol. The lowest BCUT2D eigenvalue weighted by Gasteiger charge is -2.10. The summed E-state index contributed by atoms with van der Waals surface area (Å²) in [5, 5.41) is 11.8. The van der Waals surface area contributed by atoms with Crippen molar-refractivity contribution < 1.29 is 9.53 Å². The monoisotopic (exact) mass is 410 g/mol. The minimum atomic E-state index is -0.294. The largest absolute Gasteiger partial charge is 0.439 e. The number of carbonyl (C=O) groups excluding carboxylic acids is 1. The molecular weight excluding hydrogens is 392 g/mol. The van der Waals surface area contributed by atoms with E-state index in [0.717, 1.165) is 5.82 Å². The summed E-state index contributed by atoms with van der Waals surface area (Å²) in [5.74, 6) is 2.73. The summed E-state index contributed by atoms with van der Waals surface area (Å²) in [6, 6.07) is 17.2. The fourth-order valence-electron chi connectivity index (χ4n) is 2.98. The zero-order valence-corrected chi connectivity index (χ0v) is 16.9. The number of rotatable bonds is 5. The molecule has 0 saturated carbocycles. The molecule has 4 aromatic rings. The summed E-state index contributed by atoms with van der Waals surface area (Å²) in [5.41, 5.74) is 1.45. The summed E-state index contributed by atoms with van der Waals surface area (Å²) >= 11 is 0. The van der Waals surface area contributed by atoms with Crippen LogP contribution in [0.1, 0.15) is 27.6 Å². The number of nitrogens with one attached hydrogen (secondary N) is 1. The van der Waals surface area contributed by atoms with E-state index in [-0.39, 0.29) is 5.91 Å². The van der Waals surface area contributed by atoms with Gasteiger partial charge in [0.1, 0.15) is 23.2 Å². The summed E-state index contributed by atoms with van der Waals surface area (Å²) in [6.45, 7) is 3.68. The zero-order valence-electron chi connectivity index (χ0n) is 16.9. The van der Waals surface area contributed by atoms with Crippen molar-refractivity contribution in [2.24, 2.45) is 0 Å². The van der Waals surface area contributed by atoms with Crippen molar-refractivity contribution >= 4 is 11.6 Å². The van der Waals surface area contributed by atoms with Crippen molar-refractivity contribution in [2.45, 2.75) is 13.8 Å². The molecule has 2 heterocycles. The van der Waals surface area contributed by atoms with Crippen LogP contribution in [0.25, 0.3) is 5.82 Å². The Kier molecular flexibility index (Phi) is 5.41. The number of imidazole rings is 1. The lowest BCUT2D eigenvalue weighted by Crippen LogP contribution is -2.11. The Morgan fingerprint density at radius 2 is 1.90 bits per heavy atom. The highest BCUT2D eigenvalue weighted by Gasteiger charge is 2.10. The number of aromatic nitrogens is 4. The fraction of sp³-hybridized carbons (Fsp3) is 0.0870. The van der Waals surface area contributed by atoms with Gasteiger partial charge in [-0.15, -0.1) is 0 Å². The van der Waals surface area contributed by atoms with Crippen LogP contribution >= 0.6 is 0 Å². The number of nitriles is 1. The third-order valence-electron chi connectivity index (χ3n) is 4.46. The molecule has 0 unspecified atom stereocenters. The number of hydrogen-bond acceptors (Lipinski definition) is 6. The lowest BCUT2D eigenvalue weighted by molar-refractivity contribution is 0.102. The highest BCUT2D eigenvalue weighted by Crippen LogP contribution is 2.23. The molecule has 2 aromatic carbocycles. The van der Waals surface area contributed by atoms with Gasteiger partial charge in [0.2, 0.25) is 5.88 Å². The molecule has 0 saturated heterocycles. The molecule has 8 nitrogen and oxygen atoms in total. The molecule has 0 bridgehead atoms. The van der Waals surface area contributed by atoms with Crippen LogP contribution in [0.3, 0.4) is 0 Å². The number of anilines is 1. The van der Waals surface area contributed by atoms with Gasteiger partial charge in [0, 0.05) is 29.7 Å². The predicted octanol–water partition coefficient (Wildman–Crippen LogP) is 4.20. The number of amides is 1. The van der Waals surface area contributed by atoms with Crippen LogP contribution in [0.15, 0.2) is 67.0 Å². The molecule has 152 valence electrons.